The first-order valence-corrected chi connectivity index (χ1v) is 7.62. The largest absolute Gasteiger partial charge is 0.485 e. The van der Waals surface area contributed by atoms with Crippen LogP contribution in [0.15, 0.2) is 34.7 Å². The summed E-state index contributed by atoms with van der Waals surface area (Å²) in [5.74, 6) is 2.81. The summed E-state index contributed by atoms with van der Waals surface area (Å²) in [4.78, 5) is 0. The van der Waals surface area contributed by atoms with Gasteiger partial charge in [0.2, 0.25) is 0 Å². The monoisotopic (exact) mass is 287 g/mol. The van der Waals surface area contributed by atoms with Crippen molar-refractivity contribution in [2.24, 2.45) is 0 Å². The summed E-state index contributed by atoms with van der Waals surface area (Å²) in [6, 6.07) is 10.7. The number of hydrogen-bond acceptors (Lipinski definition) is 3. The van der Waals surface area contributed by atoms with E-state index in [-0.39, 0.29) is 0 Å². The molecule has 3 nitrogen and oxygen atoms in total. The lowest BCUT2D eigenvalue weighted by atomic mass is 10.1. The highest BCUT2D eigenvalue weighted by molar-refractivity contribution is 5.33. The quantitative estimate of drug-likeness (QED) is 0.827. The maximum atomic E-state index is 5.89. The van der Waals surface area contributed by atoms with Crippen LogP contribution in [0.4, 0.5) is 0 Å². The second-order valence-electron chi connectivity index (χ2n) is 5.60. The maximum absolute atomic E-state index is 5.89. The Hall–Kier alpha value is -1.74. The third-order valence-corrected chi connectivity index (χ3v) is 3.47. The molecule has 0 amide bonds. The number of furan rings is 1. The van der Waals surface area contributed by atoms with Crippen LogP contribution in [0.2, 0.25) is 0 Å². The molecular formula is C18H25NO2. The molecule has 0 radical (unpaired) electrons. The van der Waals surface area contributed by atoms with Gasteiger partial charge in [-0.15, -0.1) is 0 Å². The molecule has 0 unspecified atom stereocenters. The predicted molar refractivity (Wildman–Crippen MR) is 85.6 cm³/mol. The second-order valence-corrected chi connectivity index (χ2v) is 5.60. The molecule has 3 heteroatoms. The van der Waals surface area contributed by atoms with Crippen molar-refractivity contribution in [1.82, 2.24) is 5.32 Å². The van der Waals surface area contributed by atoms with Crippen molar-refractivity contribution in [3.8, 4) is 5.75 Å². The molecule has 0 atom stereocenters. The van der Waals surface area contributed by atoms with Gasteiger partial charge in [-0.1, -0.05) is 39.0 Å². The van der Waals surface area contributed by atoms with Gasteiger partial charge in [-0.2, -0.15) is 0 Å². The fourth-order valence-corrected chi connectivity index (χ4v) is 2.22. The Morgan fingerprint density at radius 3 is 2.71 bits per heavy atom. The van der Waals surface area contributed by atoms with Gasteiger partial charge in [0.05, 0.1) is 6.54 Å². The smallest absolute Gasteiger partial charge is 0.146 e. The zero-order valence-corrected chi connectivity index (χ0v) is 13.4. The van der Waals surface area contributed by atoms with Gasteiger partial charge in [0, 0.05) is 6.04 Å². The molecule has 0 aliphatic rings. The van der Waals surface area contributed by atoms with E-state index in [1.54, 1.807) is 0 Å². The molecule has 0 saturated heterocycles. The molecule has 0 bridgehead atoms. The van der Waals surface area contributed by atoms with E-state index in [1.165, 1.54) is 11.1 Å². The Labute approximate surface area is 127 Å². The van der Waals surface area contributed by atoms with Crippen LogP contribution in [-0.2, 0) is 19.6 Å². The second kappa shape index (κ2) is 7.32. The SMILES string of the molecule is CCc1ccccc1OCc1cc(C)c(CNC(C)C)o1. The predicted octanol–water partition coefficient (Wildman–Crippen LogP) is 4.23. The molecule has 0 spiro atoms. The third kappa shape index (κ3) is 4.36. The van der Waals surface area contributed by atoms with Gasteiger partial charge >= 0.3 is 0 Å². The Bertz CT molecular complexity index is 572. The van der Waals surface area contributed by atoms with Crippen LogP contribution in [0.25, 0.3) is 0 Å². The van der Waals surface area contributed by atoms with Gasteiger partial charge in [-0.05, 0) is 36.6 Å². The Morgan fingerprint density at radius 2 is 2.00 bits per heavy atom. The van der Waals surface area contributed by atoms with E-state index in [2.05, 4.69) is 45.1 Å². The van der Waals surface area contributed by atoms with E-state index >= 15 is 0 Å². The lowest BCUT2D eigenvalue weighted by Gasteiger charge is -2.09. The summed E-state index contributed by atoms with van der Waals surface area (Å²) >= 11 is 0. The van der Waals surface area contributed by atoms with Crippen molar-refractivity contribution in [2.75, 3.05) is 0 Å². The summed E-state index contributed by atoms with van der Waals surface area (Å²) in [5, 5.41) is 3.37. The molecule has 114 valence electrons. The van der Waals surface area contributed by atoms with Gasteiger partial charge in [0.1, 0.15) is 23.9 Å². The van der Waals surface area contributed by atoms with Crippen LogP contribution in [0.5, 0.6) is 5.75 Å². The van der Waals surface area contributed by atoms with Crippen LogP contribution in [0.3, 0.4) is 0 Å². The number of aryl methyl sites for hydroxylation is 2. The minimum absolute atomic E-state index is 0.450. The molecule has 2 aromatic rings. The molecule has 0 aliphatic heterocycles. The van der Waals surface area contributed by atoms with E-state index in [0.29, 0.717) is 12.6 Å². The topological polar surface area (TPSA) is 34.4 Å². The Morgan fingerprint density at radius 1 is 1.24 bits per heavy atom. The standard InChI is InChI=1S/C18H25NO2/c1-5-15-8-6-7-9-17(15)20-12-16-10-14(4)18(21-16)11-19-13(2)3/h6-10,13,19H,5,11-12H2,1-4H3. The molecule has 2 rings (SSSR count). The number of hydrogen-bond donors (Lipinski definition) is 1. The summed E-state index contributed by atoms with van der Waals surface area (Å²) in [7, 11) is 0. The normalized spacial score (nSPS) is 11.1. The van der Waals surface area contributed by atoms with Crippen molar-refractivity contribution >= 4 is 0 Å². The number of para-hydroxylation sites is 1. The lowest BCUT2D eigenvalue weighted by Crippen LogP contribution is -2.21. The molecule has 1 aromatic heterocycles. The van der Waals surface area contributed by atoms with E-state index in [9.17, 15) is 0 Å². The van der Waals surface area contributed by atoms with Gasteiger partial charge in [-0.3, -0.25) is 0 Å². The zero-order valence-electron chi connectivity index (χ0n) is 13.4. The van der Waals surface area contributed by atoms with Crippen LogP contribution in [0, 0.1) is 6.92 Å². The average Bonchev–Trinajstić information content (AvgIpc) is 2.83. The number of rotatable bonds is 7. The van der Waals surface area contributed by atoms with Crippen molar-refractivity contribution in [3.05, 3.63) is 53.0 Å². The lowest BCUT2D eigenvalue weighted by molar-refractivity contribution is 0.262. The van der Waals surface area contributed by atoms with Crippen molar-refractivity contribution < 1.29 is 9.15 Å². The molecule has 0 saturated carbocycles. The molecule has 1 aromatic carbocycles. The van der Waals surface area contributed by atoms with Crippen molar-refractivity contribution in [1.29, 1.82) is 0 Å². The summed E-state index contributed by atoms with van der Waals surface area (Å²) in [5.41, 5.74) is 2.40. The van der Waals surface area contributed by atoms with Crippen molar-refractivity contribution in [3.63, 3.8) is 0 Å². The molecule has 0 aliphatic carbocycles. The maximum Gasteiger partial charge on any atom is 0.146 e. The minimum Gasteiger partial charge on any atom is -0.485 e. The van der Waals surface area contributed by atoms with E-state index < -0.39 is 0 Å². The first-order chi connectivity index (χ1) is 10.1. The molecule has 1 N–H and O–H groups in total. The zero-order chi connectivity index (χ0) is 15.2. The summed E-state index contributed by atoms with van der Waals surface area (Å²) in [6.07, 6.45) is 0.969. The van der Waals surface area contributed by atoms with Gasteiger partial charge in [0.25, 0.3) is 0 Å². The van der Waals surface area contributed by atoms with Crippen LogP contribution >= 0.6 is 0 Å². The third-order valence-electron chi connectivity index (χ3n) is 3.47. The van der Waals surface area contributed by atoms with E-state index in [0.717, 1.165) is 30.2 Å². The molecule has 21 heavy (non-hydrogen) atoms. The first-order valence-electron chi connectivity index (χ1n) is 7.62. The minimum atomic E-state index is 0.450. The molecular weight excluding hydrogens is 262 g/mol. The highest BCUT2D eigenvalue weighted by Gasteiger charge is 2.09. The fourth-order valence-electron chi connectivity index (χ4n) is 2.22. The van der Waals surface area contributed by atoms with Gasteiger partial charge in [0.15, 0.2) is 0 Å². The summed E-state index contributed by atoms with van der Waals surface area (Å²) < 4.78 is 11.8. The van der Waals surface area contributed by atoms with Crippen LogP contribution in [0.1, 0.15) is 43.4 Å². The van der Waals surface area contributed by atoms with Gasteiger partial charge < -0.3 is 14.5 Å². The van der Waals surface area contributed by atoms with E-state index in [4.69, 9.17) is 9.15 Å². The Kier molecular flexibility index (Phi) is 5.45. The molecule has 0 fully saturated rings. The summed E-state index contributed by atoms with van der Waals surface area (Å²) in [6.45, 7) is 9.70. The van der Waals surface area contributed by atoms with Crippen LogP contribution in [-0.4, -0.2) is 6.04 Å². The highest BCUT2D eigenvalue weighted by Crippen LogP contribution is 2.21. The first kappa shape index (κ1) is 15.6. The molecule has 1 heterocycles. The van der Waals surface area contributed by atoms with Crippen LogP contribution < -0.4 is 10.1 Å². The fraction of sp³-hybridized carbons (Fsp3) is 0.444. The highest BCUT2D eigenvalue weighted by atomic mass is 16.5. The number of nitrogens with one attached hydrogen (secondary N) is 1. The average molecular weight is 287 g/mol. The van der Waals surface area contributed by atoms with E-state index in [1.807, 2.05) is 18.2 Å². The Balaban J connectivity index is 1.99. The van der Waals surface area contributed by atoms with Gasteiger partial charge in [-0.25, -0.2) is 0 Å². The number of ether oxygens (including phenoxy) is 1. The van der Waals surface area contributed by atoms with Crippen molar-refractivity contribution in [2.45, 2.75) is 53.3 Å². The number of benzene rings is 1.